The lowest BCUT2D eigenvalue weighted by Gasteiger charge is -2.28. The maximum atomic E-state index is 11.8. The third-order valence-electron chi connectivity index (χ3n) is 3.57. The lowest BCUT2D eigenvalue weighted by atomic mass is 9.90. The summed E-state index contributed by atoms with van der Waals surface area (Å²) in [5.41, 5.74) is 0.934. The van der Waals surface area contributed by atoms with Gasteiger partial charge in [0, 0.05) is 19.5 Å². The van der Waals surface area contributed by atoms with Gasteiger partial charge in [-0.25, -0.2) is 0 Å². The molecule has 0 spiro atoms. The second kappa shape index (κ2) is 5.01. The maximum absolute atomic E-state index is 11.8. The Bertz CT molecular complexity index is 494. The number of ether oxygens (including phenoxy) is 1. The first-order valence-electron chi connectivity index (χ1n) is 6.53. The average Bonchev–Trinajstić information content (AvgIpc) is 2.35. The van der Waals surface area contributed by atoms with E-state index in [9.17, 15) is 9.59 Å². The Morgan fingerprint density at radius 2 is 1.84 bits per heavy atom. The molecule has 0 aliphatic carbocycles. The second-order valence-electron chi connectivity index (χ2n) is 4.97. The molecule has 1 aromatic carbocycles. The Balaban J connectivity index is 1.67. The summed E-state index contributed by atoms with van der Waals surface area (Å²) >= 11 is 0. The number of rotatable bonds is 3. The summed E-state index contributed by atoms with van der Waals surface area (Å²) in [6.07, 6.45) is 1.24. The Morgan fingerprint density at radius 3 is 2.42 bits per heavy atom. The molecule has 2 amide bonds. The minimum absolute atomic E-state index is 0.182. The van der Waals surface area contributed by atoms with Crippen LogP contribution in [-0.4, -0.2) is 31.0 Å². The molecule has 5 nitrogen and oxygen atoms in total. The van der Waals surface area contributed by atoms with Gasteiger partial charge in [0.25, 0.3) is 0 Å². The Hall–Kier alpha value is -1.88. The third kappa shape index (κ3) is 2.61. The predicted molar refractivity (Wildman–Crippen MR) is 68.9 cm³/mol. The summed E-state index contributed by atoms with van der Waals surface area (Å²) in [7, 11) is 0. The highest BCUT2D eigenvalue weighted by atomic mass is 16.5. The monoisotopic (exact) mass is 260 g/mol. The molecule has 2 N–H and O–H groups in total. The Morgan fingerprint density at radius 1 is 1.11 bits per heavy atom. The third-order valence-corrected chi connectivity index (χ3v) is 3.57. The fourth-order valence-corrected chi connectivity index (χ4v) is 2.33. The van der Waals surface area contributed by atoms with E-state index in [1.165, 1.54) is 0 Å². The molecule has 1 atom stereocenters. The van der Waals surface area contributed by atoms with Crippen LogP contribution in [0.5, 0.6) is 5.75 Å². The fraction of sp³-hybridized carbons (Fsp3) is 0.429. The number of hydrogen-bond acceptors (Lipinski definition) is 4. The molecule has 2 aliphatic heterocycles. The molecule has 3 rings (SSSR count). The van der Waals surface area contributed by atoms with Crippen LogP contribution in [0.3, 0.4) is 0 Å². The van der Waals surface area contributed by atoms with Crippen molar-refractivity contribution in [1.82, 2.24) is 10.6 Å². The van der Waals surface area contributed by atoms with Gasteiger partial charge in [-0.15, -0.1) is 0 Å². The molecule has 1 unspecified atom stereocenters. The fourth-order valence-electron chi connectivity index (χ4n) is 2.33. The van der Waals surface area contributed by atoms with E-state index in [0.717, 1.165) is 24.4 Å². The van der Waals surface area contributed by atoms with Crippen LogP contribution in [0.4, 0.5) is 0 Å². The van der Waals surface area contributed by atoms with E-state index in [0.29, 0.717) is 12.8 Å². The number of piperidine rings is 1. The zero-order valence-corrected chi connectivity index (χ0v) is 10.5. The van der Waals surface area contributed by atoms with Gasteiger partial charge in [0.05, 0.1) is 5.92 Å². The number of imide groups is 1. The molecule has 0 bridgehead atoms. The summed E-state index contributed by atoms with van der Waals surface area (Å²) < 4.78 is 5.72. The second-order valence-corrected chi connectivity index (χ2v) is 4.97. The maximum Gasteiger partial charge on any atom is 0.234 e. The average molecular weight is 260 g/mol. The molecular formula is C14H16N2O3. The first kappa shape index (κ1) is 12.2. The van der Waals surface area contributed by atoms with Gasteiger partial charge in [0.15, 0.2) is 0 Å². The molecule has 0 radical (unpaired) electrons. The number of hydrogen-bond donors (Lipinski definition) is 2. The van der Waals surface area contributed by atoms with Gasteiger partial charge in [-0.2, -0.15) is 0 Å². The van der Waals surface area contributed by atoms with Gasteiger partial charge >= 0.3 is 0 Å². The Labute approximate surface area is 111 Å². The zero-order chi connectivity index (χ0) is 13.2. The number of nitrogens with one attached hydrogen (secondary N) is 2. The van der Waals surface area contributed by atoms with Gasteiger partial charge in [-0.3, -0.25) is 14.9 Å². The van der Waals surface area contributed by atoms with E-state index >= 15 is 0 Å². The lowest BCUT2D eigenvalue weighted by Crippen LogP contribution is -2.50. The summed E-state index contributed by atoms with van der Waals surface area (Å²) in [4.78, 5) is 22.9. The van der Waals surface area contributed by atoms with E-state index < -0.39 is 0 Å². The van der Waals surface area contributed by atoms with Crippen LogP contribution in [0.1, 0.15) is 24.3 Å². The van der Waals surface area contributed by atoms with Crippen LogP contribution in [0.15, 0.2) is 24.3 Å². The smallest absolute Gasteiger partial charge is 0.234 e. The molecule has 100 valence electrons. The largest absolute Gasteiger partial charge is 0.488 e. The topological polar surface area (TPSA) is 67.4 Å². The Kier molecular flexibility index (Phi) is 3.21. The first-order chi connectivity index (χ1) is 9.22. The highest BCUT2D eigenvalue weighted by Crippen LogP contribution is 2.26. The van der Waals surface area contributed by atoms with Gasteiger partial charge in [0.1, 0.15) is 11.9 Å². The lowest BCUT2D eigenvalue weighted by molar-refractivity contribution is -0.134. The van der Waals surface area contributed by atoms with E-state index in [1.54, 1.807) is 0 Å². The van der Waals surface area contributed by atoms with Gasteiger partial charge in [0.2, 0.25) is 11.8 Å². The minimum Gasteiger partial charge on any atom is -0.488 e. The van der Waals surface area contributed by atoms with Crippen molar-refractivity contribution >= 4 is 11.8 Å². The molecular weight excluding hydrogens is 244 g/mol. The van der Waals surface area contributed by atoms with Crippen LogP contribution in [0.2, 0.25) is 0 Å². The van der Waals surface area contributed by atoms with Crippen LogP contribution < -0.4 is 15.4 Å². The van der Waals surface area contributed by atoms with Crippen LogP contribution >= 0.6 is 0 Å². The molecule has 2 fully saturated rings. The molecule has 2 aliphatic rings. The van der Waals surface area contributed by atoms with Crippen molar-refractivity contribution in [2.45, 2.75) is 24.9 Å². The first-order valence-corrected chi connectivity index (χ1v) is 6.53. The van der Waals surface area contributed by atoms with E-state index in [1.807, 2.05) is 24.3 Å². The minimum atomic E-state index is -0.225. The molecule has 2 saturated heterocycles. The normalized spacial score (nSPS) is 23.7. The number of amides is 2. The van der Waals surface area contributed by atoms with Crippen molar-refractivity contribution in [3.8, 4) is 5.75 Å². The van der Waals surface area contributed by atoms with Crippen LogP contribution in [-0.2, 0) is 9.59 Å². The van der Waals surface area contributed by atoms with Gasteiger partial charge in [-0.1, -0.05) is 12.1 Å². The van der Waals surface area contributed by atoms with Crippen LogP contribution in [0, 0.1) is 0 Å². The highest BCUT2D eigenvalue weighted by Gasteiger charge is 2.27. The molecule has 5 heteroatoms. The van der Waals surface area contributed by atoms with E-state index in [4.69, 9.17) is 4.74 Å². The zero-order valence-electron chi connectivity index (χ0n) is 10.5. The predicted octanol–water partition coefficient (Wildman–Crippen LogP) is 0.557. The number of carbonyl (C=O) groups is 2. The van der Waals surface area contributed by atoms with Crippen molar-refractivity contribution in [2.24, 2.45) is 0 Å². The summed E-state index contributed by atoms with van der Waals surface area (Å²) in [6, 6.07) is 7.58. The molecule has 1 aromatic rings. The van der Waals surface area contributed by atoms with Crippen LogP contribution in [0.25, 0.3) is 0 Å². The van der Waals surface area contributed by atoms with Gasteiger partial charge < -0.3 is 10.1 Å². The number of carbonyl (C=O) groups excluding carboxylic acids is 2. The van der Waals surface area contributed by atoms with E-state index in [2.05, 4.69) is 10.6 Å². The molecule has 0 saturated carbocycles. The molecule has 19 heavy (non-hydrogen) atoms. The van der Waals surface area contributed by atoms with Gasteiger partial charge in [-0.05, 0) is 24.1 Å². The molecule has 2 heterocycles. The summed E-state index contributed by atoms with van der Waals surface area (Å²) in [5.74, 6) is 0.214. The van der Waals surface area contributed by atoms with Crippen molar-refractivity contribution in [2.75, 3.05) is 13.1 Å². The highest BCUT2D eigenvalue weighted by molar-refractivity contribution is 6.00. The van der Waals surface area contributed by atoms with E-state index in [-0.39, 0.29) is 23.8 Å². The quantitative estimate of drug-likeness (QED) is 0.779. The summed E-state index contributed by atoms with van der Waals surface area (Å²) in [5, 5.41) is 5.52. The van der Waals surface area contributed by atoms with Crippen molar-refractivity contribution in [3.05, 3.63) is 29.8 Å². The number of benzene rings is 1. The van der Waals surface area contributed by atoms with Crippen molar-refractivity contribution < 1.29 is 14.3 Å². The standard InChI is InChI=1S/C14H16N2O3/c17-13-6-5-12(14(18)16-13)9-1-3-10(4-2-9)19-11-7-15-8-11/h1-4,11-12,15H,5-8H2,(H,16,17,18). The SMILES string of the molecule is O=C1CCC(c2ccc(OC3CNC3)cc2)C(=O)N1. The summed E-state index contributed by atoms with van der Waals surface area (Å²) in [6.45, 7) is 1.77. The van der Waals surface area contributed by atoms with Crippen molar-refractivity contribution in [3.63, 3.8) is 0 Å². The molecule has 0 aromatic heterocycles. The van der Waals surface area contributed by atoms with Crippen molar-refractivity contribution in [1.29, 1.82) is 0 Å².